The van der Waals surface area contributed by atoms with E-state index in [1.54, 1.807) is 33.8 Å². The standard InChI is InChI=1S/C41H60O17/c1-17-32(44)26(48-6)15-29(51-17)56-34-18(2)52-28(14-25(34)43)57-35-19(3)53-39(33(45)36(35)49-7)54-21-10-11-40(4)20(12-21)13-24(42)30-23(40)9-8-22-31-27(55-38(30)47)16-50-41(31,5)58-37(22)46/h8,13,17-19,21,23-36,39,42-45H,9-12,14-16H2,1-7H3. The van der Waals surface area contributed by atoms with Crippen LogP contribution in [-0.4, -0.2) is 157 Å². The summed E-state index contributed by atoms with van der Waals surface area (Å²) in [6.45, 7) is 9.17. The zero-order chi connectivity index (χ0) is 41.4. The minimum atomic E-state index is -1.25. The van der Waals surface area contributed by atoms with E-state index in [2.05, 4.69) is 6.92 Å². The molecule has 1 saturated carbocycles. The molecule has 0 aromatic heterocycles. The quantitative estimate of drug-likeness (QED) is 0.200. The molecule has 0 aromatic rings. The van der Waals surface area contributed by atoms with E-state index in [0.717, 1.165) is 5.57 Å². The number of esters is 2. The Morgan fingerprint density at radius 3 is 2.26 bits per heavy atom. The van der Waals surface area contributed by atoms with Gasteiger partial charge in [-0.3, -0.25) is 4.79 Å². The predicted octanol–water partition coefficient (Wildman–Crippen LogP) is 1.15. The first-order valence-corrected chi connectivity index (χ1v) is 20.7. The van der Waals surface area contributed by atoms with Gasteiger partial charge < -0.3 is 72.5 Å². The number of aliphatic hydroxyl groups excluding tert-OH is 4. The van der Waals surface area contributed by atoms with Crippen molar-refractivity contribution in [1.29, 1.82) is 0 Å². The zero-order valence-electron chi connectivity index (χ0n) is 34.2. The van der Waals surface area contributed by atoms with E-state index in [4.69, 9.17) is 52.1 Å². The van der Waals surface area contributed by atoms with Crippen LogP contribution < -0.4 is 0 Å². The molecule has 21 unspecified atom stereocenters. The highest BCUT2D eigenvalue weighted by molar-refractivity contribution is 5.92. The molecule has 17 nitrogen and oxygen atoms in total. The lowest BCUT2D eigenvalue weighted by Gasteiger charge is -2.52. The van der Waals surface area contributed by atoms with Crippen LogP contribution in [0.4, 0.5) is 0 Å². The van der Waals surface area contributed by atoms with Gasteiger partial charge in [0, 0.05) is 39.6 Å². The average molecular weight is 825 g/mol. The van der Waals surface area contributed by atoms with Gasteiger partial charge in [-0.15, -0.1) is 0 Å². The molecule has 326 valence electrons. The third kappa shape index (κ3) is 7.49. The summed E-state index contributed by atoms with van der Waals surface area (Å²) in [4.78, 5) is 26.7. The lowest BCUT2D eigenvalue weighted by Crippen LogP contribution is -2.61. The van der Waals surface area contributed by atoms with Gasteiger partial charge in [-0.05, 0) is 57.8 Å². The number of carbonyl (C=O) groups excluding carboxylic acids is 2. The van der Waals surface area contributed by atoms with Crippen molar-refractivity contribution in [3.8, 4) is 0 Å². The topological polar surface area (TPSA) is 217 Å². The Hall–Kier alpha value is -2.10. The van der Waals surface area contributed by atoms with E-state index >= 15 is 0 Å². The number of aliphatic hydroxyl groups is 4. The molecule has 8 rings (SSSR count). The highest BCUT2D eigenvalue weighted by Gasteiger charge is 2.62. The Kier molecular flexibility index (Phi) is 12.0. The van der Waals surface area contributed by atoms with E-state index in [9.17, 15) is 30.0 Å². The Morgan fingerprint density at radius 1 is 0.828 bits per heavy atom. The molecule has 2 aliphatic carbocycles. The molecule has 6 aliphatic heterocycles. The fourth-order valence-electron chi connectivity index (χ4n) is 10.9. The van der Waals surface area contributed by atoms with Gasteiger partial charge in [0.2, 0.25) is 5.79 Å². The lowest BCUT2D eigenvalue weighted by molar-refractivity contribution is -0.352. The monoisotopic (exact) mass is 824 g/mol. The van der Waals surface area contributed by atoms with Crippen molar-refractivity contribution in [3.63, 3.8) is 0 Å². The van der Waals surface area contributed by atoms with Crippen LogP contribution in [-0.2, 0) is 61.7 Å². The van der Waals surface area contributed by atoms with Gasteiger partial charge in [0.05, 0.1) is 61.2 Å². The van der Waals surface area contributed by atoms with Crippen molar-refractivity contribution in [3.05, 3.63) is 23.3 Å². The van der Waals surface area contributed by atoms with Crippen molar-refractivity contribution < 1.29 is 82.1 Å². The maximum Gasteiger partial charge on any atom is 0.336 e. The lowest BCUT2D eigenvalue weighted by atomic mass is 9.55. The van der Waals surface area contributed by atoms with Crippen molar-refractivity contribution in [2.75, 3.05) is 20.8 Å². The van der Waals surface area contributed by atoms with Gasteiger partial charge in [-0.2, -0.15) is 0 Å². The van der Waals surface area contributed by atoms with Crippen LogP contribution >= 0.6 is 0 Å². The summed E-state index contributed by atoms with van der Waals surface area (Å²) in [5.74, 6) is -3.93. The average Bonchev–Trinajstić information content (AvgIpc) is 3.63. The van der Waals surface area contributed by atoms with Gasteiger partial charge in [-0.25, -0.2) is 4.79 Å². The van der Waals surface area contributed by atoms with Gasteiger partial charge in [0.1, 0.15) is 36.6 Å². The first kappa shape index (κ1) is 42.6. The molecule has 0 amide bonds. The fourth-order valence-corrected chi connectivity index (χ4v) is 10.9. The van der Waals surface area contributed by atoms with Crippen LogP contribution in [0, 0.1) is 23.2 Å². The second kappa shape index (κ2) is 16.3. The van der Waals surface area contributed by atoms with Gasteiger partial charge in [-0.1, -0.05) is 24.6 Å². The normalized spacial score (nSPS) is 51.8. The number of hydrogen-bond donors (Lipinski definition) is 4. The van der Waals surface area contributed by atoms with E-state index in [-0.39, 0.29) is 31.5 Å². The molecule has 0 bridgehead atoms. The minimum absolute atomic E-state index is 0.0703. The van der Waals surface area contributed by atoms with Crippen molar-refractivity contribution in [1.82, 2.24) is 0 Å². The first-order chi connectivity index (χ1) is 27.5. The third-order valence-corrected chi connectivity index (χ3v) is 14.2. The molecule has 0 radical (unpaired) electrons. The molecule has 21 atom stereocenters. The molecule has 58 heavy (non-hydrogen) atoms. The predicted molar refractivity (Wildman–Crippen MR) is 196 cm³/mol. The van der Waals surface area contributed by atoms with Crippen LogP contribution in [0.1, 0.15) is 73.1 Å². The molecular formula is C41H60O17. The number of fused-ring (bicyclic) bond motifs is 3. The third-order valence-electron chi connectivity index (χ3n) is 14.2. The molecule has 6 fully saturated rings. The molecule has 17 heteroatoms. The van der Waals surface area contributed by atoms with Crippen LogP contribution in [0.25, 0.3) is 0 Å². The van der Waals surface area contributed by atoms with Crippen LogP contribution in [0.15, 0.2) is 23.3 Å². The van der Waals surface area contributed by atoms with Gasteiger partial charge in [0.25, 0.3) is 0 Å². The van der Waals surface area contributed by atoms with E-state index in [1.165, 1.54) is 14.2 Å². The second-order valence-electron chi connectivity index (χ2n) is 17.7. The Balaban J connectivity index is 0.895. The number of carbonyl (C=O) groups is 2. The highest BCUT2D eigenvalue weighted by atomic mass is 16.8. The van der Waals surface area contributed by atoms with Crippen LogP contribution in [0.2, 0.25) is 0 Å². The van der Waals surface area contributed by atoms with E-state index < -0.39 is 127 Å². The van der Waals surface area contributed by atoms with Crippen molar-refractivity contribution in [2.45, 2.75) is 177 Å². The maximum absolute atomic E-state index is 13.8. The summed E-state index contributed by atoms with van der Waals surface area (Å²) in [7, 11) is 2.99. The zero-order valence-corrected chi connectivity index (χ0v) is 34.2. The summed E-state index contributed by atoms with van der Waals surface area (Å²) in [6.07, 6.45) is -6.52. The summed E-state index contributed by atoms with van der Waals surface area (Å²) in [6, 6.07) is 0. The molecule has 8 aliphatic rings. The number of methoxy groups -OCH3 is 2. The number of ether oxygens (including phenoxy) is 11. The fraction of sp³-hybridized carbons (Fsp3) is 0.854. The summed E-state index contributed by atoms with van der Waals surface area (Å²) < 4.78 is 65.7. The van der Waals surface area contributed by atoms with Crippen LogP contribution in [0.5, 0.6) is 0 Å². The van der Waals surface area contributed by atoms with E-state index in [0.29, 0.717) is 31.3 Å². The molecular weight excluding hydrogens is 764 g/mol. The van der Waals surface area contributed by atoms with Crippen molar-refractivity contribution in [2.24, 2.45) is 23.2 Å². The highest BCUT2D eigenvalue weighted by Crippen LogP contribution is 2.56. The molecule has 0 spiro atoms. The molecule has 5 saturated heterocycles. The van der Waals surface area contributed by atoms with Gasteiger partial charge in [0.15, 0.2) is 18.9 Å². The summed E-state index contributed by atoms with van der Waals surface area (Å²) in [5.41, 5.74) is 0.856. The summed E-state index contributed by atoms with van der Waals surface area (Å²) >= 11 is 0. The smallest absolute Gasteiger partial charge is 0.336 e. The first-order valence-electron chi connectivity index (χ1n) is 20.7. The van der Waals surface area contributed by atoms with Crippen molar-refractivity contribution >= 4 is 11.9 Å². The minimum Gasteiger partial charge on any atom is -0.459 e. The number of hydrogen-bond acceptors (Lipinski definition) is 17. The molecule has 6 heterocycles. The van der Waals surface area contributed by atoms with Gasteiger partial charge >= 0.3 is 11.9 Å². The largest absolute Gasteiger partial charge is 0.459 e. The Morgan fingerprint density at radius 2 is 1.53 bits per heavy atom. The Labute approximate surface area is 338 Å². The maximum atomic E-state index is 13.8. The number of rotatable bonds is 8. The molecule has 0 aromatic carbocycles. The number of allylic oxidation sites excluding steroid dienone is 1. The summed E-state index contributed by atoms with van der Waals surface area (Å²) in [5, 5.41) is 44.5. The SMILES string of the molecule is COC1CC(OC2C(O)CC(OC3C(C)OC(OC4CCC5(C)C(=CC(O)C6C(=O)OC7COC8(C)OC(=O)C(=CCC65)C78)C4)C(O)C3OC)OC2C)OC(C)C1O. The second-order valence-corrected chi connectivity index (χ2v) is 17.7. The molecule has 4 N–H and O–H groups in total. The van der Waals surface area contributed by atoms with Crippen LogP contribution in [0.3, 0.4) is 0 Å². The van der Waals surface area contributed by atoms with E-state index in [1.807, 2.05) is 6.08 Å². The Bertz CT molecular complexity index is 1590.